The Morgan fingerprint density at radius 3 is 2.30 bits per heavy atom. The summed E-state index contributed by atoms with van der Waals surface area (Å²) in [5.41, 5.74) is 1.02. The quantitative estimate of drug-likeness (QED) is 0.617. The summed E-state index contributed by atoms with van der Waals surface area (Å²) in [5.74, 6) is 0.486. The summed E-state index contributed by atoms with van der Waals surface area (Å²) in [6.45, 7) is 14.6. The van der Waals surface area contributed by atoms with E-state index in [0.29, 0.717) is 32.0 Å². The van der Waals surface area contributed by atoms with Gasteiger partial charge in [-0.1, -0.05) is 48.0 Å². The van der Waals surface area contributed by atoms with Gasteiger partial charge in [0.15, 0.2) is 0 Å². The number of carbonyl (C=O) groups is 2. The number of hydrogen-bond acceptors (Lipinski definition) is 2. The van der Waals surface area contributed by atoms with Crippen LogP contribution in [0.1, 0.15) is 66.5 Å². The molecule has 0 aliphatic carbocycles. The van der Waals surface area contributed by atoms with Crippen molar-refractivity contribution in [3.8, 4) is 0 Å². The maximum absolute atomic E-state index is 13.1. The summed E-state index contributed by atoms with van der Waals surface area (Å²) in [7, 11) is 1.99. The third-order valence-corrected chi connectivity index (χ3v) is 4.48. The maximum Gasteiger partial charge on any atom is 0.242 e. The molecule has 0 saturated heterocycles. The largest absolute Gasteiger partial charge is 0.353 e. The summed E-state index contributed by atoms with van der Waals surface area (Å²) in [6.07, 6.45) is 4.39. The Morgan fingerprint density at radius 2 is 1.81 bits per heavy atom. The molecule has 0 fully saturated rings. The highest BCUT2D eigenvalue weighted by Gasteiger charge is 2.25. The molecule has 0 aromatic carbocycles. The van der Waals surface area contributed by atoms with Gasteiger partial charge >= 0.3 is 0 Å². The third-order valence-electron chi connectivity index (χ3n) is 4.48. The fourth-order valence-corrected chi connectivity index (χ4v) is 3.02. The minimum Gasteiger partial charge on any atom is -0.353 e. The van der Waals surface area contributed by atoms with E-state index in [2.05, 4.69) is 41.5 Å². The minimum atomic E-state index is -0.0781. The second-order valence-electron chi connectivity index (χ2n) is 9.18. The van der Waals surface area contributed by atoms with Crippen LogP contribution in [-0.2, 0) is 23.2 Å². The van der Waals surface area contributed by atoms with Crippen LogP contribution in [0.25, 0.3) is 0 Å². The topological polar surface area (TPSA) is 45.6 Å². The van der Waals surface area contributed by atoms with Crippen molar-refractivity contribution < 1.29 is 9.59 Å². The Labute approximate surface area is 165 Å². The zero-order valence-corrected chi connectivity index (χ0v) is 18.4. The van der Waals surface area contributed by atoms with Gasteiger partial charge in [0.25, 0.3) is 0 Å². The first-order valence-corrected chi connectivity index (χ1v) is 10.2. The Kier molecular flexibility index (Phi) is 9.07. The lowest BCUT2D eigenvalue weighted by Crippen LogP contribution is -2.45. The van der Waals surface area contributed by atoms with Gasteiger partial charge in [0.05, 0.1) is 13.1 Å². The second-order valence-corrected chi connectivity index (χ2v) is 9.18. The lowest BCUT2D eigenvalue weighted by Gasteiger charge is -2.30. The second kappa shape index (κ2) is 10.5. The average molecular weight is 378 g/mol. The van der Waals surface area contributed by atoms with Crippen LogP contribution in [0.15, 0.2) is 18.3 Å². The molecular formula is C22H39N3O2. The monoisotopic (exact) mass is 377 g/mol. The third kappa shape index (κ3) is 8.63. The number of rotatable bonds is 10. The molecule has 27 heavy (non-hydrogen) atoms. The number of nitrogens with zero attached hydrogens (tertiary/aromatic N) is 3. The molecule has 5 nitrogen and oxygen atoms in total. The minimum absolute atomic E-state index is 0.0308. The molecule has 2 amide bonds. The van der Waals surface area contributed by atoms with Gasteiger partial charge in [-0.2, -0.15) is 0 Å². The first kappa shape index (κ1) is 23.3. The number of unbranched alkanes of at least 4 members (excludes halogenated alkanes) is 1. The summed E-state index contributed by atoms with van der Waals surface area (Å²) in [5, 5.41) is 0. The molecule has 0 radical (unpaired) electrons. The molecule has 5 heteroatoms. The molecule has 0 unspecified atom stereocenters. The highest BCUT2D eigenvalue weighted by Crippen LogP contribution is 2.20. The van der Waals surface area contributed by atoms with E-state index >= 15 is 0 Å². The van der Waals surface area contributed by atoms with E-state index in [1.165, 1.54) is 0 Å². The fraction of sp³-hybridized carbons (Fsp3) is 0.727. The molecule has 0 atom stereocenters. The van der Waals surface area contributed by atoms with E-state index < -0.39 is 0 Å². The predicted molar refractivity (Wildman–Crippen MR) is 111 cm³/mol. The SMILES string of the molecule is CCCCN(CC(=O)N(Cc1cccn1C)CC(C)C)C(=O)CC(C)(C)C. The van der Waals surface area contributed by atoms with Gasteiger partial charge < -0.3 is 14.4 Å². The van der Waals surface area contributed by atoms with Gasteiger partial charge in [0, 0.05) is 38.4 Å². The van der Waals surface area contributed by atoms with Gasteiger partial charge in [-0.25, -0.2) is 0 Å². The lowest BCUT2D eigenvalue weighted by atomic mass is 9.91. The summed E-state index contributed by atoms with van der Waals surface area (Å²) < 4.78 is 2.04. The molecule has 0 spiro atoms. The maximum atomic E-state index is 13.1. The molecular weight excluding hydrogens is 338 g/mol. The van der Waals surface area contributed by atoms with Crippen molar-refractivity contribution in [2.24, 2.45) is 18.4 Å². The average Bonchev–Trinajstić information content (AvgIpc) is 2.93. The Morgan fingerprint density at radius 1 is 1.15 bits per heavy atom. The molecule has 1 aromatic rings. The van der Waals surface area contributed by atoms with Gasteiger partial charge in [-0.15, -0.1) is 0 Å². The van der Waals surface area contributed by atoms with Crippen molar-refractivity contribution in [3.63, 3.8) is 0 Å². The first-order chi connectivity index (χ1) is 12.5. The Hall–Kier alpha value is -1.78. The van der Waals surface area contributed by atoms with Crippen LogP contribution in [0, 0.1) is 11.3 Å². The van der Waals surface area contributed by atoms with Gasteiger partial charge in [-0.3, -0.25) is 9.59 Å². The Bertz CT molecular complexity index is 599. The van der Waals surface area contributed by atoms with Gasteiger partial charge in [-0.05, 0) is 29.9 Å². The van der Waals surface area contributed by atoms with E-state index in [1.807, 2.05) is 34.8 Å². The molecule has 0 aliphatic rings. The number of carbonyl (C=O) groups excluding carboxylic acids is 2. The normalized spacial score (nSPS) is 11.7. The molecule has 0 N–H and O–H groups in total. The van der Waals surface area contributed by atoms with Crippen LogP contribution in [0.2, 0.25) is 0 Å². The van der Waals surface area contributed by atoms with Crippen LogP contribution in [-0.4, -0.2) is 45.8 Å². The number of aryl methyl sites for hydroxylation is 1. The van der Waals surface area contributed by atoms with E-state index in [9.17, 15) is 9.59 Å². The van der Waals surface area contributed by atoms with Crippen LogP contribution in [0.3, 0.4) is 0 Å². The highest BCUT2D eigenvalue weighted by atomic mass is 16.2. The zero-order valence-electron chi connectivity index (χ0n) is 18.4. The van der Waals surface area contributed by atoms with E-state index in [0.717, 1.165) is 18.5 Å². The Balaban J connectivity index is 2.88. The van der Waals surface area contributed by atoms with Crippen LogP contribution in [0.4, 0.5) is 0 Å². The van der Waals surface area contributed by atoms with E-state index in [1.54, 1.807) is 4.90 Å². The van der Waals surface area contributed by atoms with Gasteiger partial charge in [0.1, 0.15) is 0 Å². The van der Waals surface area contributed by atoms with Gasteiger partial charge in [0.2, 0.25) is 11.8 Å². The van der Waals surface area contributed by atoms with E-state index in [-0.39, 0.29) is 23.8 Å². The van der Waals surface area contributed by atoms with Crippen molar-refractivity contribution in [3.05, 3.63) is 24.0 Å². The number of hydrogen-bond donors (Lipinski definition) is 0. The molecule has 1 aromatic heterocycles. The molecule has 0 saturated carbocycles. The number of amides is 2. The molecule has 0 aliphatic heterocycles. The standard InChI is InChI=1S/C22H39N3O2/c1-8-9-13-24(20(26)14-22(4,5)6)17-21(27)25(15-18(2)3)16-19-11-10-12-23(19)7/h10-12,18H,8-9,13-17H2,1-7H3. The van der Waals surface area contributed by atoms with Crippen molar-refractivity contribution in [1.29, 1.82) is 0 Å². The lowest BCUT2D eigenvalue weighted by molar-refractivity contribution is -0.142. The van der Waals surface area contributed by atoms with Crippen molar-refractivity contribution in [2.75, 3.05) is 19.6 Å². The van der Waals surface area contributed by atoms with Crippen LogP contribution < -0.4 is 0 Å². The number of aromatic nitrogens is 1. The summed E-state index contributed by atoms with van der Waals surface area (Å²) >= 11 is 0. The summed E-state index contributed by atoms with van der Waals surface area (Å²) in [4.78, 5) is 29.5. The molecule has 154 valence electrons. The van der Waals surface area contributed by atoms with Crippen LogP contribution in [0.5, 0.6) is 0 Å². The molecule has 1 heterocycles. The van der Waals surface area contributed by atoms with Crippen molar-refractivity contribution >= 4 is 11.8 Å². The fourth-order valence-electron chi connectivity index (χ4n) is 3.02. The molecule has 1 rings (SSSR count). The smallest absolute Gasteiger partial charge is 0.242 e. The highest BCUT2D eigenvalue weighted by molar-refractivity contribution is 5.85. The first-order valence-electron chi connectivity index (χ1n) is 10.2. The summed E-state index contributed by atoms with van der Waals surface area (Å²) in [6, 6.07) is 4.04. The van der Waals surface area contributed by atoms with Crippen molar-refractivity contribution in [1.82, 2.24) is 14.4 Å². The van der Waals surface area contributed by atoms with Crippen LogP contribution >= 0.6 is 0 Å². The van der Waals surface area contributed by atoms with Crippen molar-refractivity contribution in [2.45, 2.75) is 67.3 Å². The molecule has 0 bridgehead atoms. The predicted octanol–water partition coefficient (Wildman–Crippen LogP) is 4.07. The van der Waals surface area contributed by atoms with E-state index in [4.69, 9.17) is 0 Å². The zero-order chi connectivity index (χ0) is 20.6.